The summed E-state index contributed by atoms with van der Waals surface area (Å²) in [5, 5.41) is 0. The molecule has 1 aromatic rings. The van der Waals surface area contributed by atoms with Crippen LogP contribution < -0.4 is 9.47 Å². The van der Waals surface area contributed by atoms with Gasteiger partial charge in [0.15, 0.2) is 0 Å². The zero-order valence-corrected chi connectivity index (χ0v) is 11.7. The van der Waals surface area contributed by atoms with Gasteiger partial charge in [0.2, 0.25) is 0 Å². The van der Waals surface area contributed by atoms with Gasteiger partial charge >= 0.3 is 0 Å². The van der Waals surface area contributed by atoms with Crippen molar-refractivity contribution in [3.8, 4) is 11.5 Å². The van der Waals surface area contributed by atoms with Crippen LogP contribution in [0.25, 0.3) is 0 Å². The molecule has 0 heterocycles. The molecule has 0 unspecified atom stereocenters. The van der Waals surface area contributed by atoms with Gasteiger partial charge in [-0.25, -0.2) is 0 Å². The zero-order chi connectivity index (χ0) is 13.8. The van der Waals surface area contributed by atoms with E-state index in [1.807, 2.05) is 52.0 Å². The van der Waals surface area contributed by atoms with Crippen LogP contribution in [0.15, 0.2) is 49.6 Å². The first-order valence-corrected chi connectivity index (χ1v) is 6.03. The lowest BCUT2D eigenvalue weighted by molar-refractivity contribution is 0.151. The third-order valence-corrected chi connectivity index (χ3v) is 2.55. The fourth-order valence-electron chi connectivity index (χ4n) is 1.29. The summed E-state index contributed by atoms with van der Waals surface area (Å²) in [4.78, 5) is 0. The van der Waals surface area contributed by atoms with Crippen LogP contribution in [-0.4, -0.2) is 11.2 Å². The van der Waals surface area contributed by atoms with E-state index in [0.717, 1.165) is 11.5 Å². The Kier molecular flexibility index (Phi) is 4.23. The molecule has 2 heteroatoms. The van der Waals surface area contributed by atoms with Gasteiger partial charge in [-0.15, -0.1) is 0 Å². The fourth-order valence-corrected chi connectivity index (χ4v) is 1.29. The molecular weight excluding hydrogens is 224 g/mol. The Labute approximate surface area is 110 Å². The highest BCUT2D eigenvalue weighted by Gasteiger charge is 2.17. The molecule has 0 N–H and O–H groups in total. The van der Waals surface area contributed by atoms with Gasteiger partial charge in [0.25, 0.3) is 0 Å². The first-order chi connectivity index (χ1) is 8.28. The van der Waals surface area contributed by atoms with Gasteiger partial charge in [0, 0.05) is 6.07 Å². The molecule has 2 nitrogen and oxygen atoms in total. The van der Waals surface area contributed by atoms with Crippen LogP contribution in [0.2, 0.25) is 0 Å². The minimum Gasteiger partial charge on any atom is -0.484 e. The average Bonchev–Trinajstić information content (AvgIpc) is 2.28. The number of hydrogen-bond donors (Lipinski definition) is 0. The Morgan fingerprint density at radius 3 is 1.61 bits per heavy atom. The molecule has 0 spiro atoms. The summed E-state index contributed by atoms with van der Waals surface area (Å²) in [7, 11) is 0. The second-order valence-electron chi connectivity index (χ2n) is 5.29. The van der Waals surface area contributed by atoms with E-state index in [1.165, 1.54) is 0 Å². The van der Waals surface area contributed by atoms with Gasteiger partial charge in [0.1, 0.15) is 22.7 Å². The van der Waals surface area contributed by atoms with E-state index in [2.05, 4.69) is 13.2 Å². The Morgan fingerprint density at radius 1 is 0.889 bits per heavy atom. The lowest BCUT2D eigenvalue weighted by atomic mass is 10.1. The van der Waals surface area contributed by atoms with Crippen LogP contribution >= 0.6 is 0 Å². The molecule has 0 aromatic heterocycles. The summed E-state index contributed by atoms with van der Waals surface area (Å²) < 4.78 is 11.6. The summed E-state index contributed by atoms with van der Waals surface area (Å²) >= 11 is 0. The van der Waals surface area contributed by atoms with Gasteiger partial charge in [-0.05, 0) is 52.0 Å². The third kappa shape index (κ3) is 4.28. The molecule has 1 rings (SSSR count). The van der Waals surface area contributed by atoms with Crippen molar-refractivity contribution in [2.24, 2.45) is 0 Å². The molecule has 0 atom stereocenters. The molecule has 1 aromatic carbocycles. The highest BCUT2D eigenvalue weighted by molar-refractivity contribution is 5.34. The lowest BCUT2D eigenvalue weighted by Crippen LogP contribution is -2.25. The molecule has 0 bridgehead atoms. The minimum atomic E-state index is -0.396. The number of rotatable bonds is 6. The predicted octanol–water partition coefficient (Wildman–Crippen LogP) is 4.37. The van der Waals surface area contributed by atoms with Crippen molar-refractivity contribution in [3.05, 3.63) is 49.6 Å². The van der Waals surface area contributed by atoms with Crippen LogP contribution in [0, 0.1) is 0 Å². The molecule has 0 aliphatic heterocycles. The van der Waals surface area contributed by atoms with E-state index < -0.39 is 11.2 Å². The quantitative estimate of drug-likeness (QED) is 0.694. The molecular formula is C16H22O2. The summed E-state index contributed by atoms with van der Waals surface area (Å²) in [5.41, 5.74) is -0.793. The number of benzene rings is 1. The smallest absolute Gasteiger partial charge is 0.124 e. The van der Waals surface area contributed by atoms with Gasteiger partial charge in [-0.1, -0.05) is 19.2 Å². The maximum Gasteiger partial charge on any atom is 0.124 e. The maximum atomic E-state index is 5.82. The zero-order valence-electron chi connectivity index (χ0n) is 11.7. The average molecular weight is 246 g/mol. The standard InChI is InChI=1S/C16H22O2/c1-7-15(3,4)17-13-10-9-11-14(12-13)18-16(5,6)8-2/h7-12H,1-2H2,3-6H3. The fraction of sp³-hybridized carbons (Fsp3) is 0.375. The molecule has 0 saturated heterocycles. The van der Waals surface area contributed by atoms with Gasteiger partial charge in [-0.3, -0.25) is 0 Å². The van der Waals surface area contributed by atoms with Crippen molar-refractivity contribution in [1.29, 1.82) is 0 Å². The molecule has 0 aliphatic carbocycles. The highest BCUT2D eigenvalue weighted by atomic mass is 16.5. The van der Waals surface area contributed by atoms with Crippen molar-refractivity contribution in [3.63, 3.8) is 0 Å². The van der Waals surface area contributed by atoms with Gasteiger partial charge < -0.3 is 9.47 Å². The highest BCUT2D eigenvalue weighted by Crippen LogP contribution is 2.26. The molecule has 0 fully saturated rings. The van der Waals surface area contributed by atoms with Crippen LogP contribution in [0.1, 0.15) is 27.7 Å². The number of hydrogen-bond acceptors (Lipinski definition) is 2. The normalized spacial score (nSPS) is 11.8. The first-order valence-electron chi connectivity index (χ1n) is 6.03. The Balaban J connectivity index is 2.86. The minimum absolute atomic E-state index is 0.396. The second-order valence-corrected chi connectivity index (χ2v) is 5.29. The van der Waals surface area contributed by atoms with E-state index in [9.17, 15) is 0 Å². The van der Waals surface area contributed by atoms with Crippen molar-refractivity contribution in [1.82, 2.24) is 0 Å². The van der Waals surface area contributed by atoms with E-state index in [0.29, 0.717) is 0 Å². The molecule has 0 aliphatic rings. The van der Waals surface area contributed by atoms with E-state index >= 15 is 0 Å². The van der Waals surface area contributed by atoms with Crippen LogP contribution in [-0.2, 0) is 0 Å². The van der Waals surface area contributed by atoms with Gasteiger partial charge in [0.05, 0.1) is 0 Å². The van der Waals surface area contributed by atoms with Crippen molar-refractivity contribution < 1.29 is 9.47 Å². The molecule has 0 saturated carbocycles. The number of ether oxygens (including phenoxy) is 2. The molecule has 98 valence electrons. The Morgan fingerprint density at radius 2 is 1.28 bits per heavy atom. The first kappa shape index (κ1) is 14.4. The topological polar surface area (TPSA) is 18.5 Å². The van der Waals surface area contributed by atoms with Gasteiger partial charge in [-0.2, -0.15) is 0 Å². The van der Waals surface area contributed by atoms with Crippen LogP contribution in [0.4, 0.5) is 0 Å². The summed E-state index contributed by atoms with van der Waals surface area (Å²) in [5.74, 6) is 1.52. The summed E-state index contributed by atoms with van der Waals surface area (Å²) in [6, 6.07) is 7.58. The van der Waals surface area contributed by atoms with Crippen molar-refractivity contribution in [2.75, 3.05) is 0 Å². The van der Waals surface area contributed by atoms with E-state index in [4.69, 9.17) is 9.47 Å². The van der Waals surface area contributed by atoms with Crippen molar-refractivity contribution >= 4 is 0 Å². The summed E-state index contributed by atoms with van der Waals surface area (Å²) in [6.45, 7) is 15.3. The summed E-state index contributed by atoms with van der Waals surface area (Å²) in [6.07, 6.45) is 3.54. The van der Waals surface area contributed by atoms with E-state index in [1.54, 1.807) is 12.2 Å². The van der Waals surface area contributed by atoms with Crippen LogP contribution in [0.5, 0.6) is 11.5 Å². The Bertz CT molecular complexity index is 393. The van der Waals surface area contributed by atoms with E-state index in [-0.39, 0.29) is 0 Å². The Hall–Kier alpha value is -1.70. The SMILES string of the molecule is C=CC(C)(C)Oc1cccc(OC(C)(C)C=C)c1. The third-order valence-electron chi connectivity index (χ3n) is 2.55. The van der Waals surface area contributed by atoms with Crippen molar-refractivity contribution in [2.45, 2.75) is 38.9 Å². The van der Waals surface area contributed by atoms with Crippen LogP contribution in [0.3, 0.4) is 0 Å². The lowest BCUT2D eigenvalue weighted by Gasteiger charge is -2.25. The molecule has 0 amide bonds. The molecule has 18 heavy (non-hydrogen) atoms. The second kappa shape index (κ2) is 5.30. The molecule has 0 radical (unpaired) electrons. The predicted molar refractivity (Wildman–Crippen MR) is 76.3 cm³/mol. The largest absolute Gasteiger partial charge is 0.484 e. The monoisotopic (exact) mass is 246 g/mol. The maximum absolute atomic E-state index is 5.82.